The van der Waals surface area contributed by atoms with E-state index in [2.05, 4.69) is 5.73 Å². The van der Waals surface area contributed by atoms with Crippen LogP contribution in [0.1, 0.15) is 1.43 Å². The minimum Gasteiger partial charge on any atom is -1.00 e. The molecule has 0 aliphatic heterocycles. The zero-order chi connectivity index (χ0) is 7.86. The first kappa shape index (κ1) is 16.1. The van der Waals surface area contributed by atoms with Crippen molar-refractivity contribution in [1.82, 2.24) is 0 Å². The molecular weight excluding hydrogens is 137 g/mol. The normalized spacial score (nSPS) is 6.10. The van der Waals surface area contributed by atoms with Crippen LogP contribution in [0.25, 0.3) is 0 Å². The first-order chi connectivity index (χ1) is 4.00. The van der Waals surface area contributed by atoms with Crippen LogP contribution in [0.2, 0.25) is 0 Å². The van der Waals surface area contributed by atoms with Crippen LogP contribution in [0, 0.1) is 0 Å². The molecule has 0 aromatic carbocycles. The van der Waals surface area contributed by atoms with Crippen molar-refractivity contribution in [1.29, 1.82) is 0 Å². The van der Waals surface area contributed by atoms with E-state index in [0.29, 0.717) is 0 Å². The number of hydrogen-bond donors (Lipinski definition) is 4. The van der Waals surface area contributed by atoms with Crippen molar-refractivity contribution in [2.75, 3.05) is 6.54 Å². The Labute approximate surface area is 70.3 Å². The maximum Gasteiger partial charge on any atom is 1.00 e. The van der Waals surface area contributed by atoms with Crippen molar-refractivity contribution < 1.29 is 45.2 Å². The Bertz CT molecular complexity index is 106. The molecule has 0 heterocycles. The Morgan fingerprint density at radius 1 is 1.30 bits per heavy atom. The summed E-state index contributed by atoms with van der Waals surface area (Å²) < 4.78 is 0. The molecule has 56 valence electrons. The first-order valence-corrected chi connectivity index (χ1v) is 1.84. The zero-order valence-electron chi connectivity index (χ0n) is 6.44. The van der Waals surface area contributed by atoms with Gasteiger partial charge in [0.25, 0.3) is 0 Å². The molecule has 0 unspecified atom stereocenters. The molecule has 5 N–H and O–H groups in total. The van der Waals surface area contributed by atoms with Crippen LogP contribution in [-0.4, -0.2) is 34.0 Å². The molecule has 0 aliphatic carbocycles. The predicted molar refractivity (Wildman–Crippen MR) is 28.5 cm³/mol. The van der Waals surface area contributed by atoms with Gasteiger partial charge in [0.2, 0.25) is 0 Å². The van der Waals surface area contributed by atoms with Gasteiger partial charge in [-0.3, -0.25) is 4.79 Å². The van der Waals surface area contributed by atoms with Crippen LogP contribution >= 0.6 is 0 Å². The van der Waals surface area contributed by atoms with E-state index >= 15 is 0 Å². The molecule has 0 rings (SSSR count). The van der Waals surface area contributed by atoms with E-state index in [1.807, 2.05) is 0 Å². The second-order valence-electron chi connectivity index (χ2n) is 0.880. The van der Waals surface area contributed by atoms with E-state index in [-0.39, 0.29) is 26.8 Å². The molecule has 0 aromatic heterocycles. The van der Waals surface area contributed by atoms with Gasteiger partial charge in [0.15, 0.2) is 0 Å². The molecule has 0 fully saturated rings. The minimum atomic E-state index is -1.83. The fourth-order valence-corrected chi connectivity index (χ4v) is 0. The van der Waals surface area contributed by atoms with E-state index in [0.717, 1.165) is 0 Å². The van der Waals surface area contributed by atoms with Crippen molar-refractivity contribution in [3.05, 3.63) is 0 Å². The molecule has 0 spiro atoms. The largest absolute Gasteiger partial charge is 1.00 e. The topological polar surface area (TPSA) is 121 Å². The smallest absolute Gasteiger partial charge is 1.00 e. The van der Waals surface area contributed by atoms with Crippen LogP contribution in [0.4, 0.5) is 4.79 Å². The molecule has 6 nitrogen and oxygen atoms in total. The quantitative estimate of drug-likeness (QED) is 0.282. The molecule has 0 saturated carbocycles. The van der Waals surface area contributed by atoms with Crippen LogP contribution < -0.4 is 24.6 Å². The summed E-state index contributed by atoms with van der Waals surface area (Å²) in [5, 5.41) is 21.5. The van der Waals surface area contributed by atoms with E-state index in [9.17, 15) is 4.79 Å². The van der Waals surface area contributed by atoms with Gasteiger partial charge in [0.1, 0.15) is 0 Å². The van der Waals surface area contributed by atoms with Gasteiger partial charge in [-0.05, 0) is 0 Å². The second kappa shape index (κ2) is 11.1. The number of nitrogens with two attached hydrogens (primary N) is 1. The maximum absolute atomic E-state index is 9.24. The summed E-state index contributed by atoms with van der Waals surface area (Å²) in [7, 11) is 0. The molecule has 7 heteroatoms. The molecule has 10 heavy (non-hydrogen) atoms. The molecule has 0 aliphatic rings. The van der Waals surface area contributed by atoms with Crippen molar-refractivity contribution >= 4 is 12.1 Å². The number of hydrogen-bond acceptors (Lipinski definition) is 3. The van der Waals surface area contributed by atoms with Crippen LogP contribution in [0.3, 0.4) is 0 Å². The number of carboxylic acids is 1. The molecule has 0 atom stereocenters. The molecule has 0 saturated heterocycles. The second-order valence-corrected chi connectivity index (χ2v) is 0.880. The summed E-state index contributed by atoms with van der Waals surface area (Å²) in [6.07, 6.45) is -1.83. The predicted octanol–water partition coefficient (Wildman–Crippen LogP) is -3.63. The van der Waals surface area contributed by atoms with Crippen molar-refractivity contribution in [2.45, 2.75) is 0 Å². The Hall–Kier alpha value is -0.703. The zero-order valence-corrected chi connectivity index (χ0v) is 5.44. The van der Waals surface area contributed by atoms with E-state index in [1.54, 1.807) is 0 Å². The van der Waals surface area contributed by atoms with Crippen LogP contribution in [0.5, 0.6) is 0 Å². The van der Waals surface area contributed by atoms with Crippen LogP contribution in [0.15, 0.2) is 0 Å². The molecule has 0 bridgehead atoms. The Balaban J connectivity index is -0.0000000383. The van der Waals surface area contributed by atoms with Crippen LogP contribution in [-0.2, 0) is 4.79 Å². The average Bonchev–Trinajstić information content (AvgIpc) is 1.65. The Kier molecular flexibility index (Phi) is 18.0. The maximum atomic E-state index is 9.24. The van der Waals surface area contributed by atoms with Gasteiger partial charge >= 0.3 is 31.0 Å². The fourth-order valence-electron chi connectivity index (χ4n) is 0. The molecule has 0 amide bonds. The summed E-state index contributed by atoms with van der Waals surface area (Å²) in [5.74, 6) is -0.968. The van der Waals surface area contributed by atoms with Gasteiger partial charge in [0.05, 0.1) is 6.54 Å². The van der Waals surface area contributed by atoms with Gasteiger partial charge in [-0.2, -0.15) is 0 Å². The summed E-state index contributed by atoms with van der Waals surface area (Å²) in [6, 6.07) is 0. The minimum absolute atomic E-state index is 0. The summed E-state index contributed by atoms with van der Waals surface area (Å²) in [4.78, 5) is 17.8. The third kappa shape index (κ3) is 172. The van der Waals surface area contributed by atoms with Crippen molar-refractivity contribution in [3.8, 4) is 0 Å². The standard InChI is InChI=1S/C2H5NO2.CH2O3.Li.H/c3-1-2(4)5;2-1(3)4;;/h1,3H2,(H,4,5);(H2,2,3,4);;/q;;+1;-1. The summed E-state index contributed by atoms with van der Waals surface area (Å²) in [5.41, 5.74) is 4.57. The number of carboxylic acid groups (broad SMARTS) is 3. The molecular formula is C3H8LiNO5. The third-order valence-corrected chi connectivity index (χ3v) is 0.175. The van der Waals surface area contributed by atoms with Crippen molar-refractivity contribution in [2.24, 2.45) is 5.73 Å². The Morgan fingerprint density at radius 2 is 1.40 bits per heavy atom. The SMILES string of the molecule is NCC(=O)O.O=C(O)O.[H-].[Li+]. The fraction of sp³-hybridized carbons (Fsp3) is 0.333. The summed E-state index contributed by atoms with van der Waals surface area (Å²) in [6.45, 7) is -0.278. The first-order valence-electron chi connectivity index (χ1n) is 1.84. The monoisotopic (exact) mass is 145 g/mol. The van der Waals surface area contributed by atoms with E-state index in [1.165, 1.54) is 0 Å². The van der Waals surface area contributed by atoms with Gasteiger partial charge in [-0.1, -0.05) is 0 Å². The molecule has 0 aromatic rings. The van der Waals surface area contributed by atoms with Gasteiger partial charge < -0.3 is 22.5 Å². The van der Waals surface area contributed by atoms with Gasteiger partial charge in [-0.25, -0.2) is 4.79 Å². The summed E-state index contributed by atoms with van der Waals surface area (Å²) >= 11 is 0. The number of carbonyl (C=O) groups is 2. The van der Waals surface area contributed by atoms with Gasteiger partial charge in [0, 0.05) is 0 Å². The number of rotatable bonds is 1. The Morgan fingerprint density at radius 3 is 1.40 bits per heavy atom. The van der Waals surface area contributed by atoms with E-state index in [4.69, 9.17) is 20.1 Å². The van der Waals surface area contributed by atoms with Gasteiger partial charge in [-0.15, -0.1) is 0 Å². The average molecular weight is 145 g/mol. The van der Waals surface area contributed by atoms with Crippen molar-refractivity contribution in [3.63, 3.8) is 0 Å². The number of aliphatic carboxylic acids is 1. The third-order valence-electron chi connectivity index (χ3n) is 0.175. The molecule has 0 radical (unpaired) electrons. The van der Waals surface area contributed by atoms with E-state index < -0.39 is 12.1 Å².